The van der Waals surface area contributed by atoms with Gasteiger partial charge in [-0.25, -0.2) is 4.79 Å². The molecule has 0 heterocycles. The van der Waals surface area contributed by atoms with E-state index >= 15 is 0 Å². The molecule has 0 aromatic heterocycles. The monoisotopic (exact) mass is 272 g/mol. The van der Waals surface area contributed by atoms with Gasteiger partial charge >= 0.3 is 6.03 Å². The average Bonchev–Trinajstić information content (AvgIpc) is 2.42. The van der Waals surface area contributed by atoms with Gasteiger partial charge in [-0.3, -0.25) is 0 Å². The Morgan fingerprint density at radius 2 is 1.80 bits per heavy atom. The summed E-state index contributed by atoms with van der Waals surface area (Å²) < 4.78 is 5.36. The van der Waals surface area contributed by atoms with Gasteiger partial charge in [0.2, 0.25) is 0 Å². The Bertz CT molecular complexity index is 582. The number of urea groups is 1. The first kappa shape index (κ1) is 13.7. The van der Waals surface area contributed by atoms with Crippen LogP contribution in [0, 0.1) is 0 Å². The molecule has 2 rings (SSSR count). The van der Waals surface area contributed by atoms with Crippen LogP contribution in [0.4, 0.5) is 16.2 Å². The summed E-state index contributed by atoms with van der Waals surface area (Å²) in [6.07, 6.45) is 0. The van der Waals surface area contributed by atoms with Crippen molar-refractivity contribution in [1.29, 1.82) is 0 Å². The minimum absolute atomic E-state index is 0.153. The lowest BCUT2D eigenvalue weighted by molar-refractivity contribution is 0.262. The van der Waals surface area contributed by atoms with E-state index in [1.54, 1.807) is 30.3 Å². The van der Waals surface area contributed by atoms with Crippen molar-refractivity contribution in [1.82, 2.24) is 0 Å². The zero-order valence-electron chi connectivity index (χ0n) is 11.1. The minimum atomic E-state index is -0.357. The van der Waals surface area contributed by atoms with Crippen molar-refractivity contribution in [2.45, 2.75) is 6.92 Å². The van der Waals surface area contributed by atoms with Gasteiger partial charge in [-0.05, 0) is 43.3 Å². The summed E-state index contributed by atoms with van der Waals surface area (Å²) in [5.74, 6) is 0.857. The molecule has 2 aromatic rings. The molecule has 2 aromatic carbocycles. The molecule has 5 heteroatoms. The normalized spacial score (nSPS) is 9.85. The van der Waals surface area contributed by atoms with Crippen molar-refractivity contribution in [3.63, 3.8) is 0 Å². The van der Waals surface area contributed by atoms with Gasteiger partial charge in [0, 0.05) is 17.4 Å². The highest BCUT2D eigenvalue weighted by Gasteiger charge is 2.03. The third-order valence-electron chi connectivity index (χ3n) is 2.53. The number of carbonyl (C=O) groups excluding carboxylic acids is 1. The second-order valence-corrected chi connectivity index (χ2v) is 4.09. The molecule has 20 heavy (non-hydrogen) atoms. The zero-order valence-corrected chi connectivity index (χ0v) is 11.1. The molecule has 0 bridgehead atoms. The first-order valence-electron chi connectivity index (χ1n) is 6.27. The molecular weight excluding hydrogens is 256 g/mol. The van der Waals surface area contributed by atoms with E-state index < -0.39 is 0 Å². The van der Waals surface area contributed by atoms with E-state index in [0.717, 1.165) is 0 Å². The van der Waals surface area contributed by atoms with Crippen LogP contribution in [-0.4, -0.2) is 17.7 Å². The number of anilines is 2. The van der Waals surface area contributed by atoms with Gasteiger partial charge in [0.25, 0.3) is 0 Å². The highest BCUT2D eigenvalue weighted by Crippen LogP contribution is 2.18. The lowest BCUT2D eigenvalue weighted by atomic mass is 10.3. The Labute approximate surface area is 117 Å². The van der Waals surface area contributed by atoms with Crippen molar-refractivity contribution in [2.75, 3.05) is 17.2 Å². The number of carbonyl (C=O) groups is 1. The summed E-state index contributed by atoms with van der Waals surface area (Å²) in [4.78, 5) is 11.8. The molecule has 0 fully saturated rings. The number of ether oxygens (including phenoxy) is 1. The fraction of sp³-hybridized carbons (Fsp3) is 0.133. The van der Waals surface area contributed by atoms with E-state index in [-0.39, 0.29) is 11.8 Å². The third kappa shape index (κ3) is 3.91. The Hall–Kier alpha value is -2.69. The Kier molecular flexibility index (Phi) is 4.44. The van der Waals surface area contributed by atoms with E-state index in [9.17, 15) is 4.79 Å². The zero-order chi connectivity index (χ0) is 14.4. The summed E-state index contributed by atoms with van der Waals surface area (Å²) >= 11 is 0. The van der Waals surface area contributed by atoms with Gasteiger partial charge in [-0.1, -0.05) is 6.07 Å². The third-order valence-corrected chi connectivity index (χ3v) is 2.53. The van der Waals surface area contributed by atoms with Gasteiger partial charge < -0.3 is 20.5 Å². The van der Waals surface area contributed by atoms with Crippen LogP contribution in [0.25, 0.3) is 0 Å². The fourth-order valence-electron chi connectivity index (χ4n) is 1.67. The van der Waals surface area contributed by atoms with Crippen LogP contribution in [0.5, 0.6) is 11.5 Å². The Morgan fingerprint density at radius 3 is 2.50 bits per heavy atom. The maximum absolute atomic E-state index is 11.8. The lowest BCUT2D eigenvalue weighted by Crippen LogP contribution is -2.19. The van der Waals surface area contributed by atoms with Crippen molar-refractivity contribution in [3.8, 4) is 11.5 Å². The van der Waals surface area contributed by atoms with Crippen molar-refractivity contribution < 1.29 is 14.6 Å². The number of aromatic hydroxyl groups is 1. The van der Waals surface area contributed by atoms with Crippen LogP contribution < -0.4 is 15.4 Å². The highest BCUT2D eigenvalue weighted by atomic mass is 16.5. The molecule has 104 valence electrons. The number of benzene rings is 2. The molecule has 0 spiro atoms. The standard InChI is InChI=1S/C15H16N2O3/c1-2-20-14-5-3-4-12(10-14)17-15(19)16-11-6-8-13(18)9-7-11/h3-10,18H,2H2,1H3,(H2,16,17,19). The predicted octanol–water partition coefficient (Wildman–Crippen LogP) is 3.43. The number of nitrogens with one attached hydrogen (secondary N) is 2. The summed E-state index contributed by atoms with van der Waals surface area (Å²) in [6.45, 7) is 2.47. The van der Waals surface area contributed by atoms with Crippen LogP contribution in [0.3, 0.4) is 0 Å². The van der Waals surface area contributed by atoms with E-state index in [1.807, 2.05) is 13.0 Å². The molecule has 0 atom stereocenters. The van der Waals surface area contributed by atoms with Crippen molar-refractivity contribution >= 4 is 17.4 Å². The number of hydrogen-bond acceptors (Lipinski definition) is 3. The van der Waals surface area contributed by atoms with E-state index in [2.05, 4.69) is 10.6 Å². The lowest BCUT2D eigenvalue weighted by Gasteiger charge is -2.09. The fourth-order valence-corrected chi connectivity index (χ4v) is 1.67. The van der Waals surface area contributed by atoms with Gasteiger partial charge in [-0.15, -0.1) is 0 Å². The maximum atomic E-state index is 11.8. The predicted molar refractivity (Wildman–Crippen MR) is 78.4 cm³/mol. The van der Waals surface area contributed by atoms with Crippen LogP contribution in [0.1, 0.15) is 6.92 Å². The first-order chi connectivity index (χ1) is 9.67. The molecule has 0 aliphatic heterocycles. The van der Waals surface area contributed by atoms with Crippen LogP contribution in [-0.2, 0) is 0 Å². The molecule has 0 saturated heterocycles. The number of phenols is 1. The number of amides is 2. The number of phenolic OH excluding ortho intramolecular Hbond substituents is 1. The molecule has 2 amide bonds. The Morgan fingerprint density at radius 1 is 1.10 bits per heavy atom. The SMILES string of the molecule is CCOc1cccc(NC(=O)Nc2ccc(O)cc2)c1. The average molecular weight is 272 g/mol. The smallest absolute Gasteiger partial charge is 0.323 e. The molecular formula is C15H16N2O3. The van der Waals surface area contributed by atoms with Gasteiger partial charge in [-0.2, -0.15) is 0 Å². The van der Waals surface area contributed by atoms with Gasteiger partial charge in [0.15, 0.2) is 0 Å². The van der Waals surface area contributed by atoms with E-state index in [4.69, 9.17) is 9.84 Å². The van der Waals surface area contributed by atoms with E-state index in [0.29, 0.717) is 23.7 Å². The highest BCUT2D eigenvalue weighted by molar-refractivity contribution is 5.99. The summed E-state index contributed by atoms with van der Waals surface area (Å²) in [5, 5.41) is 14.5. The molecule has 5 nitrogen and oxygen atoms in total. The second-order valence-electron chi connectivity index (χ2n) is 4.09. The molecule has 0 radical (unpaired) electrons. The van der Waals surface area contributed by atoms with Crippen LogP contribution in [0.2, 0.25) is 0 Å². The van der Waals surface area contributed by atoms with Crippen LogP contribution >= 0.6 is 0 Å². The summed E-state index contributed by atoms with van der Waals surface area (Å²) in [5.41, 5.74) is 1.24. The maximum Gasteiger partial charge on any atom is 0.323 e. The number of rotatable bonds is 4. The number of hydrogen-bond donors (Lipinski definition) is 3. The van der Waals surface area contributed by atoms with Crippen LogP contribution in [0.15, 0.2) is 48.5 Å². The summed E-state index contributed by atoms with van der Waals surface area (Å²) in [6, 6.07) is 13.0. The van der Waals surface area contributed by atoms with E-state index in [1.165, 1.54) is 12.1 Å². The quantitative estimate of drug-likeness (QED) is 0.747. The molecule has 0 aliphatic carbocycles. The minimum Gasteiger partial charge on any atom is -0.508 e. The molecule has 3 N–H and O–H groups in total. The first-order valence-corrected chi connectivity index (χ1v) is 6.27. The topological polar surface area (TPSA) is 70.6 Å². The summed E-state index contributed by atoms with van der Waals surface area (Å²) in [7, 11) is 0. The van der Waals surface area contributed by atoms with Gasteiger partial charge in [0.1, 0.15) is 11.5 Å². The largest absolute Gasteiger partial charge is 0.508 e. The molecule has 0 unspecified atom stereocenters. The van der Waals surface area contributed by atoms with Crippen molar-refractivity contribution in [3.05, 3.63) is 48.5 Å². The second kappa shape index (κ2) is 6.47. The van der Waals surface area contributed by atoms with Gasteiger partial charge in [0.05, 0.1) is 6.61 Å². The molecule has 0 aliphatic rings. The van der Waals surface area contributed by atoms with Crippen molar-refractivity contribution in [2.24, 2.45) is 0 Å². The molecule has 0 saturated carbocycles. The Balaban J connectivity index is 1.97.